The zero-order valence-corrected chi connectivity index (χ0v) is 10.3. The van der Waals surface area contributed by atoms with Gasteiger partial charge in [-0.3, -0.25) is 0 Å². The minimum Gasteiger partial charge on any atom is -0.396 e. The van der Waals surface area contributed by atoms with Crippen LogP contribution in [0.2, 0.25) is 5.02 Å². The lowest BCUT2D eigenvalue weighted by Crippen LogP contribution is -2.29. The van der Waals surface area contributed by atoms with Crippen LogP contribution in [0.1, 0.15) is 20.3 Å². The van der Waals surface area contributed by atoms with E-state index in [4.69, 9.17) is 11.6 Å². The summed E-state index contributed by atoms with van der Waals surface area (Å²) in [5.41, 5.74) is 0.492. The van der Waals surface area contributed by atoms with Gasteiger partial charge in [0, 0.05) is 17.6 Å². The first-order valence-electron chi connectivity index (χ1n) is 5.30. The predicted octanol–water partition coefficient (Wildman–Crippen LogP) is 3.30. The second-order valence-electron chi connectivity index (χ2n) is 4.30. The maximum Gasteiger partial charge on any atom is 0.143 e. The normalized spacial score (nSPS) is 14.6. The number of hydrogen-bond acceptors (Lipinski definition) is 2. The molecule has 4 heteroatoms. The first-order chi connectivity index (χ1) is 7.50. The van der Waals surface area contributed by atoms with Crippen LogP contribution in [0.5, 0.6) is 0 Å². The van der Waals surface area contributed by atoms with Crippen LogP contribution in [-0.4, -0.2) is 18.3 Å². The second-order valence-corrected chi connectivity index (χ2v) is 4.71. The predicted molar refractivity (Wildman–Crippen MR) is 65.4 cm³/mol. The summed E-state index contributed by atoms with van der Waals surface area (Å²) < 4.78 is 13.1. The number of anilines is 1. The van der Waals surface area contributed by atoms with Gasteiger partial charge in [-0.25, -0.2) is 4.39 Å². The summed E-state index contributed by atoms with van der Waals surface area (Å²) in [5.74, 6) is -0.436. The van der Waals surface area contributed by atoms with E-state index in [1.165, 1.54) is 12.1 Å². The smallest absolute Gasteiger partial charge is 0.143 e. The number of benzene rings is 1. The molecule has 0 heterocycles. The van der Waals surface area contributed by atoms with E-state index in [9.17, 15) is 9.50 Å². The molecule has 2 nitrogen and oxygen atoms in total. The Hall–Kier alpha value is -0.800. The molecule has 0 fully saturated rings. The molecule has 2 N–H and O–H groups in total. The van der Waals surface area contributed by atoms with Gasteiger partial charge in [0.2, 0.25) is 0 Å². The van der Waals surface area contributed by atoms with Gasteiger partial charge in [0.05, 0.1) is 11.6 Å². The molecule has 0 aliphatic carbocycles. The van der Waals surface area contributed by atoms with Gasteiger partial charge in [-0.15, -0.1) is 0 Å². The Bertz CT molecular complexity index is 353. The zero-order chi connectivity index (χ0) is 12.2. The van der Waals surface area contributed by atoms with Crippen LogP contribution < -0.4 is 5.32 Å². The molecule has 0 aromatic heterocycles. The van der Waals surface area contributed by atoms with Crippen LogP contribution in [0.25, 0.3) is 0 Å². The van der Waals surface area contributed by atoms with Gasteiger partial charge in [-0.1, -0.05) is 25.4 Å². The monoisotopic (exact) mass is 245 g/mol. The van der Waals surface area contributed by atoms with Gasteiger partial charge in [0.25, 0.3) is 0 Å². The molecule has 0 saturated carbocycles. The topological polar surface area (TPSA) is 32.3 Å². The van der Waals surface area contributed by atoms with E-state index in [1.54, 1.807) is 6.07 Å². The standard InChI is InChI=1S/C12H17ClFNO/c1-3-12(2,8-16)7-15-9-4-5-10(13)11(14)6-9/h4-6,15-16H,3,7-8H2,1-2H3. The first-order valence-corrected chi connectivity index (χ1v) is 5.68. The molecule has 0 bridgehead atoms. The Balaban J connectivity index is 2.64. The second kappa shape index (κ2) is 5.51. The molecule has 1 unspecified atom stereocenters. The molecule has 90 valence electrons. The Kier molecular flexibility index (Phi) is 4.56. The van der Waals surface area contributed by atoms with Crippen LogP contribution in [-0.2, 0) is 0 Å². The molecule has 0 aliphatic heterocycles. The maximum absolute atomic E-state index is 13.1. The number of hydrogen-bond donors (Lipinski definition) is 2. The van der Waals surface area contributed by atoms with Crippen molar-refractivity contribution in [1.29, 1.82) is 0 Å². The number of rotatable bonds is 5. The molecule has 1 atom stereocenters. The van der Waals surface area contributed by atoms with Gasteiger partial charge < -0.3 is 10.4 Å². The van der Waals surface area contributed by atoms with E-state index in [1.807, 2.05) is 13.8 Å². The van der Waals surface area contributed by atoms with E-state index >= 15 is 0 Å². The van der Waals surface area contributed by atoms with Crippen molar-refractivity contribution in [1.82, 2.24) is 0 Å². The lowest BCUT2D eigenvalue weighted by molar-refractivity contribution is 0.149. The minimum atomic E-state index is -0.436. The lowest BCUT2D eigenvalue weighted by Gasteiger charge is -2.26. The van der Waals surface area contributed by atoms with E-state index in [2.05, 4.69) is 5.32 Å². The largest absolute Gasteiger partial charge is 0.396 e. The number of nitrogens with one attached hydrogen (secondary N) is 1. The highest BCUT2D eigenvalue weighted by Crippen LogP contribution is 2.23. The van der Waals surface area contributed by atoms with Gasteiger partial charge in [0.1, 0.15) is 5.82 Å². The number of aliphatic hydroxyl groups excluding tert-OH is 1. The van der Waals surface area contributed by atoms with Gasteiger partial charge in [-0.2, -0.15) is 0 Å². The van der Waals surface area contributed by atoms with E-state index in [0.717, 1.165) is 6.42 Å². The van der Waals surface area contributed by atoms with Gasteiger partial charge >= 0.3 is 0 Å². The third-order valence-corrected chi connectivity index (χ3v) is 3.18. The molecule has 1 aromatic rings. The van der Waals surface area contributed by atoms with Crippen molar-refractivity contribution in [3.8, 4) is 0 Å². The van der Waals surface area contributed by atoms with Gasteiger partial charge in [0.15, 0.2) is 0 Å². The molecule has 0 radical (unpaired) electrons. The van der Waals surface area contributed by atoms with Crippen molar-refractivity contribution < 1.29 is 9.50 Å². The summed E-state index contributed by atoms with van der Waals surface area (Å²) >= 11 is 5.58. The summed E-state index contributed by atoms with van der Waals surface area (Å²) in [6.07, 6.45) is 0.854. The number of aliphatic hydroxyl groups is 1. The minimum absolute atomic E-state index is 0.104. The van der Waals surface area contributed by atoms with Gasteiger partial charge in [-0.05, 0) is 24.6 Å². The fraction of sp³-hybridized carbons (Fsp3) is 0.500. The molecule has 0 aliphatic rings. The maximum atomic E-state index is 13.1. The summed E-state index contributed by atoms with van der Waals surface area (Å²) in [4.78, 5) is 0. The van der Waals surface area contributed by atoms with Crippen molar-refractivity contribution in [3.63, 3.8) is 0 Å². The zero-order valence-electron chi connectivity index (χ0n) is 9.56. The number of halogens is 2. The summed E-state index contributed by atoms with van der Waals surface area (Å²) in [6, 6.07) is 4.59. The van der Waals surface area contributed by atoms with Crippen LogP contribution in [0.4, 0.5) is 10.1 Å². The van der Waals surface area contributed by atoms with Crippen LogP contribution in [0.15, 0.2) is 18.2 Å². The van der Waals surface area contributed by atoms with Crippen molar-refractivity contribution in [2.24, 2.45) is 5.41 Å². The Morgan fingerprint density at radius 2 is 2.19 bits per heavy atom. The Morgan fingerprint density at radius 1 is 1.50 bits per heavy atom. The molecule has 16 heavy (non-hydrogen) atoms. The van der Waals surface area contributed by atoms with Crippen molar-refractivity contribution in [2.45, 2.75) is 20.3 Å². The molecule has 1 aromatic carbocycles. The highest BCUT2D eigenvalue weighted by atomic mass is 35.5. The Morgan fingerprint density at radius 3 is 2.69 bits per heavy atom. The van der Waals surface area contributed by atoms with E-state index in [0.29, 0.717) is 12.2 Å². The highest BCUT2D eigenvalue weighted by Gasteiger charge is 2.20. The molecule has 0 saturated heterocycles. The fourth-order valence-electron chi connectivity index (χ4n) is 1.21. The molecule has 0 amide bonds. The average Bonchev–Trinajstić information content (AvgIpc) is 2.30. The van der Waals surface area contributed by atoms with E-state index in [-0.39, 0.29) is 17.0 Å². The third kappa shape index (κ3) is 3.35. The van der Waals surface area contributed by atoms with Crippen molar-refractivity contribution >= 4 is 17.3 Å². The fourth-order valence-corrected chi connectivity index (χ4v) is 1.33. The highest BCUT2D eigenvalue weighted by molar-refractivity contribution is 6.30. The average molecular weight is 246 g/mol. The first kappa shape index (κ1) is 13.3. The molecular formula is C12H17ClFNO. The molecular weight excluding hydrogens is 229 g/mol. The molecule has 0 spiro atoms. The summed E-state index contributed by atoms with van der Waals surface area (Å²) in [5, 5.41) is 12.4. The van der Waals surface area contributed by atoms with Crippen LogP contribution >= 0.6 is 11.6 Å². The summed E-state index contributed by atoms with van der Waals surface area (Å²) in [6.45, 7) is 4.69. The van der Waals surface area contributed by atoms with Crippen LogP contribution in [0, 0.1) is 11.2 Å². The summed E-state index contributed by atoms with van der Waals surface area (Å²) in [7, 11) is 0. The SMILES string of the molecule is CCC(C)(CO)CNc1ccc(Cl)c(F)c1. The van der Waals surface area contributed by atoms with E-state index < -0.39 is 5.82 Å². The lowest BCUT2D eigenvalue weighted by atomic mass is 9.88. The van der Waals surface area contributed by atoms with Crippen molar-refractivity contribution in [3.05, 3.63) is 29.0 Å². The molecule has 1 rings (SSSR count). The van der Waals surface area contributed by atoms with Crippen LogP contribution in [0.3, 0.4) is 0 Å². The van der Waals surface area contributed by atoms with Crippen molar-refractivity contribution in [2.75, 3.05) is 18.5 Å². The quantitative estimate of drug-likeness (QED) is 0.834. The third-order valence-electron chi connectivity index (χ3n) is 2.87. The Labute approximate surface area is 100 Å².